The van der Waals surface area contributed by atoms with Crippen LogP contribution in [0.1, 0.15) is 11.4 Å². The second-order valence-electron chi connectivity index (χ2n) is 6.23. The molecule has 0 saturated carbocycles. The fraction of sp³-hybridized carbons (Fsp3) is 0.222. The normalized spacial score (nSPS) is 11.3. The molecule has 3 heterocycles. The van der Waals surface area contributed by atoms with Crippen LogP contribution in [0.5, 0.6) is 5.88 Å². The van der Waals surface area contributed by atoms with Crippen LogP contribution in [0.2, 0.25) is 0 Å². The molecule has 3 N–H and O–H groups in total. The molecule has 9 nitrogen and oxygen atoms in total. The number of ether oxygens (including phenoxy) is 1. The maximum absolute atomic E-state index is 11.7. The Morgan fingerprint density at radius 1 is 1.11 bits per heavy atom. The first kappa shape index (κ1) is 19.5. The van der Waals surface area contributed by atoms with Gasteiger partial charge in [0.1, 0.15) is 5.69 Å². The van der Waals surface area contributed by atoms with Crippen LogP contribution in [0.15, 0.2) is 30.6 Å². The van der Waals surface area contributed by atoms with Crippen LogP contribution in [-0.2, 0) is 10.0 Å². The number of hydrogen-bond donors (Lipinski definition) is 2. The van der Waals surface area contributed by atoms with Crippen LogP contribution >= 0.6 is 0 Å². The molecule has 0 amide bonds. The fourth-order valence-electron chi connectivity index (χ4n) is 2.87. The lowest BCUT2D eigenvalue weighted by Gasteiger charge is -2.15. The largest absolute Gasteiger partial charge is 0.480 e. The highest BCUT2D eigenvalue weighted by Gasteiger charge is 2.18. The molecule has 0 atom stereocenters. The van der Waals surface area contributed by atoms with Crippen molar-refractivity contribution >= 4 is 21.7 Å². The van der Waals surface area contributed by atoms with E-state index in [9.17, 15) is 8.42 Å². The van der Waals surface area contributed by atoms with Crippen LogP contribution in [0.25, 0.3) is 22.4 Å². The van der Waals surface area contributed by atoms with Crippen molar-refractivity contribution in [1.82, 2.24) is 19.9 Å². The summed E-state index contributed by atoms with van der Waals surface area (Å²) in [6.07, 6.45) is 4.32. The molecule has 0 radical (unpaired) electrons. The third-order valence-electron chi connectivity index (χ3n) is 3.91. The molecule has 0 aliphatic carbocycles. The number of pyridine rings is 2. The molecule has 28 heavy (non-hydrogen) atoms. The maximum atomic E-state index is 11.7. The predicted molar refractivity (Wildman–Crippen MR) is 107 cm³/mol. The van der Waals surface area contributed by atoms with Gasteiger partial charge in [-0.1, -0.05) is 0 Å². The van der Waals surface area contributed by atoms with E-state index in [0.29, 0.717) is 22.5 Å². The maximum Gasteiger partial charge on any atom is 0.238 e. The van der Waals surface area contributed by atoms with Gasteiger partial charge in [-0.25, -0.2) is 23.4 Å². The molecule has 0 unspecified atom stereocenters. The summed E-state index contributed by atoms with van der Waals surface area (Å²) in [6.45, 7) is 3.68. The van der Waals surface area contributed by atoms with E-state index in [1.54, 1.807) is 25.4 Å². The number of aryl methyl sites for hydroxylation is 2. The van der Waals surface area contributed by atoms with Crippen molar-refractivity contribution in [3.8, 4) is 28.3 Å². The van der Waals surface area contributed by atoms with Crippen LogP contribution < -0.4 is 15.2 Å². The highest BCUT2D eigenvalue weighted by Crippen LogP contribution is 2.36. The number of nitrogens with one attached hydrogen (secondary N) is 1. The van der Waals surface area contributed by atoms with Gasteiger partial charge >= 0.3 is 0 Å². The molecule has 3 aromatic heterocycles. The quantitative estimate of drug-likeness (QED) is 0.666. The highest BCUT2D eigenvalue weighted by molar-refractivity contribution is 7.92. The predicted octanol–water partition coefficient (Wildman–Crippen LogP) is 2.18. The lowest BCUT2D eigenvalue weighted by molar-refractivity contribution is 0.400. The molecule has 0 fully saturated rings. The van der Waals surface area contributed by atoms with E-state index in [1.165, 1.54) is 7.11 Å². The molecule has 3 aromatic rings. The monoisotopic (exact) mass is 400 g/mol. The van der Waals surface area contributed by atoms with E-state index in [0.717, 1.165) is 17.5 Å². The van der Waals surface area contributed by atoms with Crippen LogP contribution in [0.3, 0.4) is 0 Å². The molecule has 146 valence electrons. The molecule has 0 spiro atoms. The summed E-state index contributed by atoms with van der Waals surface area (Å²) in [5, 5.41) is 0. The number of anilines is 2. The van der Waals surface area contributed by atoms with Gasteiger partial charge in [0, 0.05) is 34.8 Å². The summed E-state index contributed by atoms with van der Waals surface area (Å²) in [5.74, 6) is 0.297. The minimum atomic E-state index is -3.52. The average molecular weight is 400 g/mol. The van der Waals surface area contributed by atoms with Gasteiger partial charge in [0.05, 0.1) is 24.8 Å². The van der Waals surface area contributed by atoms with Crippen molar-refractivity contribution in [3.63, 3.8) is 0 Å². The Hall–Kier alpha value is -3.27. The Labute approximate surface area is 163 Å². The number of nitrogen functional groups attached to an aromatic ring is 1. The summed E-state index contributed by atoms with van der Waals surface area (Å²) in [7, 11) is -2.11. The summed E-state index contributed by atoms with van der Waals surface area (Å²) in [4.78, 5) is 17.1. The molecule has 0 bridgehead atoms. The van der Waals surface area contributed by atoms with E-state index in [1.807, 2.05) is 19.1 Å². The number of hydrogen-bond acceptors (Lipinski definition) is 8. The van der Waals surface area contributed by atoms with Crippen LogP contribution in [-0.4, -0.2) is 41.7 Å². The molecule has 0 aromatic carbocycles. The number of methoxy groups -OCH3 is 1. The number of nitrogens with zero attached hydrogens (tertiary/aromatic N) is 4. The zero-order valence-corrected chi connectivity index (χ0v) is 16.7. The first-order chi connectivity index (χ1) is 13.2. The molecule has 0 aliphatic heterocycles. The smallest absolute Gasteiger partial charge is 0.238 e. The van der Waals surface area contributed by atoms with E-state index >= 15 is 0 Å². The van der Waals surface area contributed by atoms with E-state index in [4.69, 9.17) is 10.5 Å². The van der Waals surface area contributed by atoms with Gasteiger partial charge in [0.2, 0.25) is 21.9 Å². The molecule has 10 heteroatoms. The fourth-order valence-corrected chi connectivity index (χ4v) is 3.41. The van der Waals surface area contributed by atoms with Crippen molar-refractivity contribution in [1.29, 1.82) is 0 Å². The minimum absolute atomic E-state index is 0.140. The first-order valence-corrected chi connectivity index (χ1v) is 10.2. The Morgan fingerprint density at radius 3 is 2.50 bits per heavy atom. The number of nitrogens with two attached hydrogens (primary N) is 1. The summed E-state index contributed by atoms with van der Waals surface area (Å²) >= 11 is 0. The van der Waals surface area contributed by atoms with Gasteiger partial charge < -0.3 is 10.5 Å². The second kappa shape index (κ2) is 7.39. The zero-order chi connectivity index (χ0) is 20.5. The lowest BCUT2D eigenvalue weighted by atomic mass is 9.99. The van der Waals surface area contributed by atoms with Gasteiger partial charge in [-0.05, 0) is 32.0 Å². The van der Waals surface area contributed by atoms with Gasteiger partial charge in [-0.3, -0.25) is 9.71 Å². The third-order valence-corrected chi connectivity index (χ3v) is 4.50. The topological polar surface area (TPSA) is 133 Å². The number of rotatable bonds is 5. The van der Waals surface area contributed by atoms with Gasteiger partial charge in [-0.2, -0.15) is 0 Å². The minimum Gasteiger partial charge on any atom is -0.480 e. The lowest BCUT2D eigenvalue weighted by Crippen LogP contribution is -2.11. The van der Waals surface area contributed by atoms with Gasteiger partial charge in [0.25, 0.3) is 0 Å². The second-order valence-corrected chi connectivity index (χ2v) is 7.98. The summed E-state index contributed by atoms with van der Waals surface area (Å²) in [5.41, 5.74) is 10.3. The van der Waals surface area contributed by atoms with Crippen molar-refractivity contribution in [2.24, 2.45) is 0 Å². The third kappa shape index (κ3) is 4.17. The standard InChI is InChI=1S/C18H20N6O3S/c1-10-7-12(5-6-20-10)16-15(11(2)22-18(19)23-16)13-8-14(24-28(4,25)26)17(27-3)21-9-13/h5-9,24H,1-4H3,(H2,19,22,23). The van der Waals surface area contributed by atoms with E-state index in [2.05, 4.69) is 24.7 Å². The summed E-state index contributed by atoms with van der Waals surface area (Å²) in [6, 6.07) is 5.34. The van der Waals surface area contributed by atoms with Crippen molar-refractivity contribution in [2.75, 3.05) is 23.8 Å². The molecular weight excluding hydrogens is 380 g/mol. The van der Waals surface area contributed by atoms with Gasteiger partial charge in [-0.15, -0.1) is 0 Å². The average Bonchev–Trinajstić information content (AvgIpc) is 2.59. The molecule has 3 rings (SSSR count). The highest BCUT2D eigenvalue weighted by atomic mass is 32.2. The zero-order valence-electron chi connectivity index (χ0n) is 15.9. The van der Waals surface area contributed by atoms with Crippen LogP contribution in [0.4, 0.5) is 11.6 Å². The number of sulfonamides is 1. The van der Waals surface area contributed by atoms with E-state index < -0.39 is 10.0 Å². The summed E-state index contributed by atoms with van der Waals surface area (Å²) < 4.78 is 31.0. The SMILES string of the molecule is COc1ncc(-c2c(C)nc(N)nc2-c2ccnc(C)c2)cc1NS(C)(=O)=O. The molecule has 0 saturated heterocycles. The van der Waals surface area contributed by atoms with Gasteiger partial charge in [0.15, 0.2) is 0 Å². The number of aromatic nitrogens is 4. The first-order valence-electron chi connectivity index (χ1n) is 8.27. The molecule has 0 aliphatic rings. The van der Waals surface area contributed by atoms with Crippen molar-refractivity contribution < 1.29 is 13.2 Å². The Morgan fingerprint density at radius 2 is 1.86 bits per heavy atom. The van der Waals surface area contributed by atoms with Crippen molar-refractivity contribution in [3.05, 3.63) is 42.0 Å². The van der Waals surface area contributed by atoms with Crippen LogP contribution in [0, 0.1) is 13.8 Å². The van der Waals surface area contributed by atoms with E-state index in [-0.39, 0.29) is 17.5 Å². The Balaban J connectivity index is 2.25. The Bertz CT molecular complexity index is 1150. The molecular formula is C18H20N6O3S. The Kier molecular flexibility index (Phi) is 5.14. The van der Waals surface area contributed by atoms with Crippen molar-refractivity contribution in [2.45, 2.75) is 13.8 Å².